The second kappa shape index (κ2) is 8.20. The highest BCUT2D eigenvalue weighted by molar-refractivity contribution is 6.91. The molecule has 2 heterocycles. The van der Waals surface area contributed by atoms with Crippen molar-refractivity contribution in [2.45, 2.75) is 83.3 Å². The van der Waals surface area contributed by atoms with E-state index in [-0.39, 0.29) is 0 Å². The number of nitrogens with zero attached hydrogens (tertiary/aromatic N) is 1. The molecule has 0 unspecified atom stereocenters. The van der Waals surface area contributed by atoms with Crippen molar-refractivity contribution >= 4 is 24.0 Å². The van der Waals surface area contributed by atoms with Crippen LogP contribution in [0.3, 0.4) is 0 Å². The van der Waals surface area contributed by atoms with Gasteiger partial charge in [-0.05, 0) is 66.8 Å². The lowest BCUT2D eigenvalue weighted by Gasteiger charge is -2.24. The molecule has 5 rings (SSSR count). The Morgan fingerprint density at radius 3 is 2.35 bits per heavy atom. The van der Waals surface area contributed by atoms with Gasteiger partial charge < -0.3 is 0 Å². The summed E-state index contributed by atoms with van der Waals surface area (Å²) in [4.78, 5) is 0. The first-order chi connectivity index (χ1) is 15.0. The molecule has 1 aromatic heterocycles. The largest absolute Gasteiger partial charge is 0.220 e. The maximum absolute atomic E-state index is 2.60. The lowest BCUT2D eigenvalue weighted by molar-refractivity contribution is -0.659. The summed E-state index contributed by atoms with van der Waals surface area (Å²) in [6.07, 6.45) is 12.1. The monoisotopic (exact) mass is 428 g/mol. The third kappa shape index (κ3) is 3.78. The normalized spacial score (nSPS) is 19.2. The summed E-state index contributed by atoms with van der Waals surface area (Å²) in [6.45, 7) is 7.22. The highest BCUT2D eigenvalue weighted by Gasteiger charge is 2.33. The molecule has 1 aliphatic heterocycles. The summed E-state index contributed by atoms with van der Waals surface area (Å²) in [6, 6.07) is 17.8. The van der Waals surface area contributed by atoms with Crippen LogP contribution in [0.2, 0.25) is 18.6 Å². The van der Waals surface area contributed by atoms with E-state index in [1.165, 1.54) is 90.2 Å². The number of aryl methyl sites for hydroxylation is 2. The smallest absolute Gasteiger partial charge is 0.200 e. The van der Waals surface area contributed by atoms with E-state index in [4.69, 9.17) is 0 Å². The van der Waals surface area contributed by atoms with Crippen LogP contribution in [0.4, 0.5) is 0 Å². The third-order valence-electron chi connectivity index (χ3n) is 8.56. The van der Waals surface area contributed by atoms with E-state index in [1.54, 1.807) is 10.8 Å². The molecule has 1 saturated heterocycles. The summed E-state index contributed by atoms with van der Waals surface area (Å²) in [5.74, 6) is 0.743. The molecule has 2 fully saturated rings. The van der Waals surface area contributed by atoms with Crippen molar-refractivity contribution in [3.8, 4) is 11.3 Å². The molecular weight excluding hydrogens is 390 g/mol. The van der Waals surface area contributed by atoms with Crippen molar-refractivity contribution in [1.29, 1.82) is 0 Å². The van der Waals surface area contributed by atoms with Crippen LogP contribution in [0.25, 0.3) is 22.0 Å². The maximum Gasteiger partial charge on any atom is 0.220 e. The molecule has 3 aromatic rings. The Labute approximate surface area is 189 Å². The average Bonchev–Trinajstić information content (AvgIpc) is 3.24. The molecule has 2 aromatic carbocycles. The zero-order valence-corrected chi connectivity index (χ0v) is 20.9. The average molecular weight is 429 g/mol. The Morgan fingerprint density at radius 1 is 0.871 bits per heavy atom. The molecule has 1 nitrogen and oxygen atoms in total. The van der Waals surface area contributed by atoms with Gasteiger partial charge in [0.15, 0.2) is 6.20 Å². The second-order valence-electron chi connectivity index (χ2n) is 10.7. The number of fused-ring (bicyclic) bond motifs is 1. The highest BCUT2D eigenvalue weighted by atomic mass is 28.3. The Morgan fingerprint density at radius 2 is 1.61 bits per heavy atom. The number of rotatable bonds is 3. The van der Waals surface area contributed by atoms with Crippen LogP contribution in [0.15, 0.2) is 42.6 Å². The molecule has 31 heavy (non-hydrogen) atoms. The van der Waals surface area contributed by atoms with Crippen LogP contribution in [0.1, 0.15) is 67.6 Å². The molecule has 1 saturated carbocycles. The van der Waals surface area contributed by atoms with E-state index >= 15 is 0 Å². The molecule has 0 bridgehead atoms. The van der Waals surface area contributed by atoms with Crippen molar-refractivity contribution < 1.29 is 4.57 Å². The zero-order chi connectivity index (χ0) is 21.6. The van der Waals surface area contributed by atoms with E-state index < -0.39 is 8.07 Å². The standard InChI is InChI=1S/C29H38NSi/c1-21-18-25(23-10-6-5-7-11-23)20-28(22(21)2)29-27-13-12-26(31(4)16-8-9-17-31)19-24(27)14-15-30(29)3/h12-15,18-20,23H,5-11,16-17H2,1-4H3/q+1. The van der Waals surface area contributed by atoms with Crippen LogP contribution in [-0.4, -0.2) is 8.07 Å². The molecule has 0 spiro atoms. The fraction of sp³-hybridized carbons (Fsp3) is 0.483. The predicted molar refractivity (Wildman–Crippen MR) is 136 cm³/mol. The van der Waals surface area contributed by atoms with Gasteiger partial charge >= 0.3 is 0 Å². The molecule has 0 radical (unpaired) electrons. The Balaban J connectivity index is 1.65. The van der Waals surface area contributed by atoms with Crippen LogP contribution in [-0.2, 0) is 7.05 Å². The van der Waals surface area contributed by atoms with Crippen LogP contribution in [0, 0.1) is 13.8 Å². The minimum atomic E-state index is -1.25. The third-order valence-corrected chi connectivity index (χ3v) is 13.2. The van der Waals surface area contributed by atoms with E-state index in [2.05, 4.69) is 74.6 Å². The lowest BCUT2D eigenvalue weighted by Crippen LogP contribution is -2.41. The van der Waals surface area contributed by atoms with Gasteiger partial charge in [0.2, 0.25) is 5.69 Å². The Hall–Kier alpha value is -1.93. The minimum Gasteiger partial charge on any atom is -0.200 e. The second-order valence-corrected chi connectivity index (χ2v) is 15.4. The number of aromatic nitrogens is 1. The predicted octanol–water partition coefficient (Wildman–Crippen LogP) is 7.08. The molecule has 0 amide bonds. The van der Waals surface area contributed by atoms with Crippen molar-refractivity contribution in [1.82, 2.24) is 0 Å². The summed E-state index contributed by atoms with van der Waals surface area (Å²) >= 11 is 0. The first-order valence-electron chi connectivity index (χ1n) is 12.5. The van der Waals surface area contributed by atoms with E-state index in [1.807, 2.05) is 0 Å². The van der Waals surface area contributed by atoms with Gasteiger partial charge in [-0.1, -0.05) is 74.1 Å². The summed E-state index contributed by atoms with van der Waals surface area (Å²) < 4.78 is 2.35. The SMILES string of the molecule is Cc1cc(C2CCCCC2)cc(-c2c3ccc([Si]4(C)CCCC4)cc3cc[n+]2C)c1C. The summed E-state index contributed by atoms with van der Waals surface area (Å²) in [5, 5.41) is 4.50. The van der Waals surface area contributed by atoms with Crippen molar-refractivity contribution in [3.63, 3.8) is 0 Å². The lowest BCUT2D eigenvalue weighted by atomic mass is 9.81. The molecule has 1 aliphatic carbocycles. The molecule has 0 N–H and O–H groups in total. The summed E-state index contributed by atoms with van der Waals surface area (Å²) in [5.41, 5.74) is 7.27. The number of hydrogen-bond donors (Lipinski definition) is 0. The fourth-order valence-electron chi connectivity index (χ4n) is 6.33. The fourth-order valence-corrected chi connectivity index (χ4v) is 10.2. The van der Waals surface area contributed by atoms with Gasteiger partial charge in [0, 0.05) is 6.07 Å². The molecule has 2 heteroatoms. The van der Waals surface area contributed by atoms with Gasteiger partial charge in [0.25, 0.3) is 0 Å². The van der Waals surface area contributed by atoms with Crippen LogP contribution >= 0.6 is 0 Å². The molecule has 2 aliphatic rings. The van der Waals surface area contributed by atoms with Crippen LogP contribution in [0.5, 0.6) is 0 Å². The van der Waals surface area contributed by atoms with E-state index in [0.717, 1.165) is 5.92 Å². The molecular formula is C29H38NSi+. The number of benzene rings is 2. The summed E-state index contributed by atoms with van der Waals surface area (Å²) in [7, 11) is 0.972. The maximum atomic E-state index is 2.60. The highest BCUT2D eigenvalue weighted by Crippen LogP contribution is 2.38. The zero-order valence-electron chi connectivity index (χ0n) is 19.9. The Bertz CT molecular complexity index is 1120. The molecule has 162 valence electrons. The van der Waals surface area contributed by atoms with Crippen molar-refractivity contribution in [2.24, 2.45) is 7.05 Å². The van der Waals surface area contributed by atoms with Gasteiger partial charge in [-0.2, -0.15) is 0 Å². The number of pyridine rings is 1. The first kappa shape index (κ1) is 20.9. The van der Waals surface area contributed by atoms with Gasteiger partial charge in [-0.15, -0.1) is 0 Å². The van der Waals surface area contributed by atoms with Gasteiger partial charge in [-0.25, -0.2) is 4.57 Å². The first-order valence-corrected chi connectivity index (χ1v) is 15.4. The van der Waals surface area contributed by atoms with E-state index in [9.17, 15) is 0 Å². The number of hydrogen-bond acceptors (Lipinski definition) is 0. The van der Waals surface area contributed by atoms with Crippen molar-refractivity contribution in [2.75, 3.05) is 0 Å². The topological polar surface area (TPSA) is 3.88 Å². The quantitative estimate of drug-likeness (QED) is 0.310. The Kier molecular flexibility index (Phi) is 5.54. The van der Waals surface area contributed by atoms with Crippen molar-refractivity contribution in [3.05, 3.63) is 59.3 Å². The van der Waals surface area contributed by atoms with Gasteiger partial charge in [-0.3, -0.25) is 0 Å². The van der Waals surface area contributed by atoms with E-state index in [0.29, 0.717) is 0 Å². The minimum absolute atomic E-state index is 0.743. The van der Waals surface area contributed by atoms with Gasteiger partial charge in [0.05, 0.1) is 19.0 Å². The van der Waals surface area contributed by atoms with Crippen LogP contribution < -0.4 is 9.75 Å². The molecule has 0 atom stereocenters. The van der Waals surface area contributed by atoms with Gasteiger partial charge in [0.1, 0.15) is 7.05 Å².